The fourth-order valence-electron chi connectivity index (χ4n) is 2.42. The van der Waals surface area contributed by atoms with E-state index in [0.717, 1.165) is 11.3 Å². The second-order valence-corrected chi connectivity index (χ2v) is 5.87. The van der Waals surface area contributed by atoms with Gasteiger partial charge in [0.05, 0.1) is 12.2 Å². The lowest BCUT2D eigenvalue weighted by Crippen LogP contribution is -2.49. The molecule has 0 bridgehead atoms. The van der Waals surface area contributed by atoms with Crippen molar-refractivity contribution in [2.45, 2.75) is 33.0 Å². The summed E-state index contributed by atoms with van der Waals surface area (Å²) in [6.07, 6.45) is 0.111. The van der Waals surface area contributed by atoms with Gasteiger partial charge in [0, 0.05) is 24.8 Å². The van der Waals surface area contributed by atoms with Gasteiger partial charge in [-0.1, -0.05) is 12.6 Å². The first-order valence-electron chi connectivity index (χ1n) is 7.52. The summed E-state index contributed by atoms with van der Waals surface area (Å²) >= 11 is 0. The number of carbonyl (C=O) groups is 1. The predicted molar refractivity (Wildman–Crippen MR) is 87.4 cm³/mol. The van der Waals surface area contributed by atoms with Gasteiger partial charge in [-0.3, -0.25) is 0 Å². The Bertz CT molecular complexity index is 534. The molecule has 1 aliphatic heterocycles. The molecule has 5 nitrogen and oxygen atoms in total. The topological polar surface area (TPSA) is 50.8 Å². The van der Waals surface area contributed by atoms with Crippen molar-refractivity contribution in [1.29, 1.82) is 0 Å². The fraction of sp³-hybridized carbons (Fsp3) is 0.471. The molecule has 0 aromatic heterocycles. The van der Waals surface area contributed by atoms with Gasteiger partial charge in [0.25, 0.3) is 0 Å². The van der Waals surface area contributed by atoms with Crippen LogP contribution in [0.25, 0.3) is 0 Å². The van der Waals surface area contributed by atoms with E-state index in [2.05, 4.69) is 11.9 Å². The number of hydrogen-bond donors (Lipinski definition) is 1. The average Bonchev–Trinajstić information content (AvgIpc) is 2.44. The molecule has 1 fully saturated rings. The van der Waals surface area contributed by atoms with Gasteiger partial charge >= 0.3 is 6.03 Å². The van der Waals surface area contributed by atoms with E-state index in [0.29, 0.717) is 25.4 Å². The first-order chi connectivity index (χ1) is 10.4. The smallest absolute Gasteiger partial charge is 0.322 e. The van der Waals surface area contributed by atoms with Crippen LogP contribution in [-0.2, 0) is 4.74 Å². The number of hydrogen-bond acceptors (Lipinski definition) is 3. The number of morpholine rings is 1. The number of ether oxygens (including phenoxy) is 2. The van der Waals surface area contributed by atoms with Crippen molar-refractivity contribution < 1.29 is 14.3 Å². The summed E-state index contributed by atoms with van der Waals surface area (Å²) in [7, 11) is 0. The van der Waals surface area contributed by atoms with Crippen LogP contribution in [0.1, 0.15) is 20.8 Å². The van der Waals surface area contributed by atoms with Crippen molar-refractivity contribution in [1.82, 2.24) is 4.90 Å². The van der Waals surface area contributed by atoms with Crippen LogP contribution in [0.4, 0.5) is 10.5 Å². The normalized spacial score (nSPS) is 21.3. The van der Waals surface area contributed by atoms with Crippen LogP contribution in [0.5, 0.6) is 5.75 Å². The van der Waals surface area contributed by atoms with Crippen LogP contribution in [0.3, 0.4) is 0 Å². The van der Waals surface area contributed by atoms with E-state index in [1.54, 1.807) is 4.90 Å². The Labute approximate surface area is 131 Å². The highest BCUT2D eigenvalue weighted by Crippen LogP contribution is 2.19. The zero-order valence-corrected chi connectivity index (χ0v) is 13.5. The van der Waals surface area contributed by atoms with E-state index in [9.17, 15) is 4.79 Å². The third kappa shape index (κ3) is 4.77. The predicted octanol–water partition coefficient (Wildman–Crippen LogP) is 3.28. The molecule has 2 rings (SSSR count). The lowest BCUT2D eigenvalue weighted by molar-refractivity contribution is -0.0530. The number of nitrogens with one attached hydrogen (secondary N) is 1. The maximum absolute atomic E-state index is 12.3. The number of amides is 2. The molecule has 1 heterocycles. The summed E-state index contributed by atoms with van der Waals surface area (Å²) in [6, 6.07) is 7.26. The Hall–Kier alpha value is -2.01. The highest BCUT2D eigenvalue weighted by molar-refractivity contribution is 5.89. The van der Waals surface area contributed by atoms with Gasteiger partial charge in [-0.25, -0.2) is 4.79 Å². The van der Waals surface area contributed by atoms with Gasteiger partial charge in [0.2, 0.25) is 0 Å². The zero-order valence-electron chi connectivity index (χ0n) is 13.5. The Morgan fingerprint density at radius 3 is 2.73 bits per heavy atom. The fourth-order valence-corrected chi connectivity index (χ4v) is 2.42. The molecule has 1 aromatic rings. The van der Waals surface area contributed by atoms with Crippen molar-refractivity contribution >= 4 is 11.7 Å². The van der Waals surface area contributed by atoms with Crippen LogP contribution in [-0.4, -0.2) is 42.8 Å². The SMILES string of the molecule is C=C(C)COc1cccc(NC(=O)N2CC(C)OC(C)C2)c1. The summed E-state index contributed by atoms with van der Waals surface area (Å²) in [6.45, 7) is 11.3. The lowest BCUT2D eigenvalue weighted by atomic mass is 10.2. The minimum Gasteiger partial charge on any atom is -0.489 e. The van der Waals surface area contributed by atoms with Gasteiger partial charge in [0.1, 0.15) is 12.4 Å². The van der Waals surface area contributed by atoms with E-state index in [4.69, 9.17) is 9.47 Å². The number of rotatable bonds is 4. The summed E-state index contributed by atoms with van der Waals surface area (Å²) in [5.41, 5.74) is 1.67. The van der Waals surface area contributed by atoms with Crippen LogP contribution in [0, 0.1) is 0 Å². The Morgan fingerprint density at radius 2 is 2.09 bits per heavy atom. The van der Waals surface area contributed by atoms with E-state index in [1.165, 1.54) is 0 Å². The molecule has 5 heteroatoms. The van der Waals surface area contributed by atoms with Crippen LogP contribution < -0.4 is 10.1 Å². The molecule has 0 spiro atoms. The third-order valence-corrected chi connectivity index (χ3v) is 3.28. The lowest BCUT2D eigenvalue weighted by Gasteiger charge is -2.35. The van der Waals surface area contributed by atoms with Crippen molar-refractivity contribution in [2.75, 3.05) is 25.0 Å². The number of anilines is 1. The molecule has 1 aliphatic rings. The molecule has 120 valence electrons. The summed E-state index contributed by atoms with van der Waals surface area (Å²) in [5, 5.41) is 2.91. The summed E-state index contributed by atoms with van der Waals surface area (Å²) < 4.78 is 11.2. The minimum absolute atomic E-state index is 0.0553. The van der Waals surface area contributed by atoms with Crippen molar-refractivity contribution in [3.05, 3.63) is 36.4 Å². The molecular formula is C17H24N2O3. The standard InChI is InChI=1S/C17H24N2O3/c1-12(2)11-21-16-7-5-6-15(8-16)18-17(20)19-9-13(3)22-14(4)10-19/h5-8,13-14H,1,9-11H2,2-4H3,(H,18,20). The second kappa shape index (κ2) is 7.31. The average molecular weight is 304 g/mol. The number of nitrogens with zero attached hydrogens (tertiary/aromatic N) is 1. The molecule has 1 saturated heterocycles. The first-order valence-corrected chi connectivity index (χ1v) is 7.52. The third-order valence-electron chi connectivity index (χ3n) is 3.28. The quantitative estimate of drug-likeness (QED) is 0.869. The van der Waals surface area contributed by atoms with Crippen LogP contribution >= 0.6 is 0 Å². The summed E-state index contributed by atoms with van der Waals surface area (Å²) in [5.74, 6) is 0.713. The van der Waals surface area contributed by atoms with E-state index in [1.807, 2.05) is 45.0 Å². The Balaban J connectivity index is 1.96. The molecule has 2 atom stereocenters. The maximum Gasteiger partial charge on any atom is 0.322 e. The number of benzene rings is 1. The molecule has 2 unspecified atom stereocenters. The van der Waals surface area contributed by atoms with E-state index < -0.39 is 0 Å². The van der Waals surface area contributed by atoms with Crippen LogP contribution in [0.2, 0.25) is 0 Å². The highest BCUT2D eigenvalue weighted by atomic mass is 16.5. The molecule has 0 aliphatic carbocycles. The Morgan fingerprint density at radius 1 is 1.41 bits per heavy atom. The van der Waals surface area contributed by atoms with Crippen molar-refractivity contribution in [3.8, 4) is 5.75 Å². The molecule has 22 heavy (non-hydrogen) atoms. The van der Waals surface area contributed by atoms with Gasteiger partial charge in [-0.05, 0) is 38.5 Å². The zero-order chi connectivity index (χ0) is 16.1. The van der Waals surface area contributed by atoms with E-state index >= 15 is 0 Å². The van der Waals surface area contributed by atoms with Crippen molar-refractivity contribution in [3.63, 3.8) is 0 Å². The molecule has 0 saturated carbocycles. The largest absolute Gasteiger partial charge is 0.489 e. The Kier molecular flexibility index (Phi) is 5.44. The second-order valence-electron chi connectivity index (χ2n) is 5.87. The molecule has 2 amide bonds. The molecule has 1 aromatic carbocycles. The minimum atomic E-state index is -0.112. The van der Waals surface area contributed by atoms with Gasteiger partial charge < -0.3 is 19.7 Å². The molecule has 1 N–H and O–H groups in total. The number of urea groups is 1. The maximum atomic E-state index is 12.3. The van der Waals surface area contributed by atoms with E-state index in [-0.39, 0.29) is 18.2 Å². The number of carbonyl (C=O) groups excluding carboxylic acids is 1. The highest BCUT2D eigenvalue weighted by Gasteiger charge is 2.25. The monoisotopic (exact) mass is 304 g/mol. The molecular weight excluding hydrogens is 280 g/mol. The van der Waals surface area contributed by atoms with Crippen molar-refractivity contribution in [2.24, 2.45) is 0 Å². The van der Waals surface area contributed by atoms with Gasteiger partial charge in [0.15, 0.2) is 0 Å². The summed E-state index contributed by atoms with van der Waals surface area (Å²) in [4.78, 5) is 14.1. The van der Waals surface area contributed by atoms with Gasteiger partial charge in [-0.15, -0.1) is 0 Å². The molecule has 0 radical (unpaired) electrons. The first kappa shape index (κ1) is 16.4. The van der Waals surface area contributed by atoms with Crippen LogP contribution in [0.15, 0.2) is 36.4 Å². The van der Waals surface area contributed by atoms with Gasteiger partial charge in [-0.2, -0.15) is 0 Å².